The van der Waals surface area contributed by atoms with E-state index in [1.807, 2.05) is 18.2 Å². The molecule has 4 heteroatoms. The predicted octanol–water partition coefficient (Wildman–Crippen LogP) is 2.88. The van der Waals surface area contributed by atoms with Gasteiger partial charge in [-0.05, 0) is 48.4 Å². The molecule has 1 amide bonds. The van der Waals surface area contributed by atoms with Gasteiger partial charge in [0, 0.05) is 19.2 Å². The molecule has 0 aliphatic carbocycles. The van der Waals surface area contributed by atoms with Crippen molar-refractivity contribution in [3.8, 4) is 0 Å². The fraction of sp³-hybridized carbons (Fsp3) is 0.533. The Hall–Kier alpha value is -1.00. The number of carbonyl (C=O) groups is 1. The molecule has 19 heavy (non-hydrogen) atoms. The predicted molar refractivity (Wildman–Crippen MR) is 82.5 cm³/mol. The summed E-state index contributed by atoms with van der Waals surface area (Å²) in [5.74, 6) is 3.40. The van der Waals surface area contributed by atoms with E-state index in [1.165, 1.54) is 24.3 Å². The third-order valence-corrected chi connectivity index (χ3v) is 4.47. The van der Waals surface area contributed by atoms with Gasteiger partial charge in [0.05, 0.1) is 0 Å². The molecule has 1 aliphatic heterocycles. The van der Waals surface area contributed by atoms with Crippen LogP contribution >= 0.6 is 11.8 Å². The van der Waals surface area contributed by atoms with Gasteiger partial charge < -0.3 is 10.6 Å². The van der Waals surface area contributed by atoms with Crippen LogP contribution in [0.5, 0.6) is 0 Å². The summed E-state index contributed by atoms with van der Waals surface area (Å²) in [5, 5.41) is 6.40. The molecule has 1 aromatic carbocycles. The number of para-hydroxylation sites is 1. The normalized spacial score (nSPS) is 16.3. The second-order valence-electron chi connectivity index (χ2n) is 5.02. The van der Waals surface area contributed by atoms with Gasteiger partial charge in [-0.1, -0.05) is 18.2 Å². The van der Waals surface area contributed by atoms with Crippen molar-refractivity contribution in [3.05, 3.63) is 29.8 Å². The average Bonchev–Trinajstić information content (AvgIpc) is 2.41. The maximum Gasteiger partial charge on any atom is 0.221 e. The van der Waals surface area contributed by atoms with Crippen molar-refractivity contribution in [2.45, 2.75) is 26.3 Å². The molecule has 1 heterocycles. The molecule has 2 rings (SSSR count). The summed E-state index contributed by atoms with van der Waals surface area (Å²) < 4.78 is 0. The minimum absolute atomic E-state index is 0.0169. The van der Waals surface area contributed by atoms with E-state index in [-0.39, 0.29) is 5.91 Å². The average molecular weight is 278 g/mol. The van der Waals surface area contributed by atoms with Gasteiger partial charge >= 0.3 is 0 Å². The highest BCUT2D eigenvalue weighted by atomic mass is 32.2. The fourth-order valence-corrected chi connectivity index (χ4v) is 3.55. The Labute approximate surface area is 119 Å². The highest BCUT2D eigenvalue weighted by molar-refractivity contribution is 7.99. The van der Waals surface area contributed by atoms with Crippen LogP contribution in [-0.4, -0.2) is 24.0 Å². The van der Waals surface area contributed by atoms with Gasteiger partial charge in [-0.15, -0.1) is 0 Å². The molecule has 0 bridgehead atoms. The van der Waals surface area contributed by atoms with Gasteiger partial charge in [0.15, 0.2) is 0 Å². The highest BCUT2D eigenvalue weighted by Crippen LogP contribution is 2.22. The van der Waals surface area contributed by atoms with Gasteiger partial charge in [0.25, 0.3) is 0 Å². The van der Waals surface area contributed by atoms with Crippen molar-refractivity contribution < 1.29 is 4.79 Å². The van der Waals surface area contributed by atoms with Crippen LogP contribution in [0, 0.1) is 5.92 Å². The summed E-state index contributed by atoms with van der Waals surface area (Å²) >= 11 is 2.06. The molecule has 0 radical (unpaired) electrons. The standard InChI is InChI=1S/C15H22N2OS/c1-12(18)17-15-5-3-2-4-14(15)11-16-10-13-6-8-19-9-7-13/h2-5,13,16H,6-11H2,1H3,(H,17,18). The monoisotopic (exact) mass is 278 g/mol. The number of amides is 1. The Kier molecular flexibility index (Phi) is 5.73. The third-order valence-electron chi connectivity index (χ3n) is 3.42. The fourth-order valence-electron chi connectivity index (χ4n) is 2.35. The van der Waals surface area contributed by atoms with Crippen molar-refractivity contribution in [2.24, 2.45) is 5.92 Å². The van der Waals surface area contributed by atoms with Crippen LogP contribution in [0.2, 0.25) is 0 Å². The zero-order chi connectivity index (χ0) is 13.5. The second kappa shape index (κ2) is 7.56. The maximum atomic E-state index is 11.2. The van der Waals surface area contributed by atoms with E-state index in [0.29, 0.717) is 0 Å². The van der Waals surface area contributed by atoms with Crippen LogP contribution in [0.1, 0.15) is 25.3 Å². The van der Waals surface area contributed by atoms with Crippen LogP contribution in [0.3, 0.4) is 0 Å². The molecular formula is C15H22N2OS. The molecule has 0 atom stereocenters. The molecule has 0 aromatic heterocycles. The lowest BCUT2D eigenvalue weighted by Crippen LogP contribution is -2.25. The number of hydrogen-bond acceptors (Lipinski definition) is 3. The molecule has 2 N–H and O–H groups in total. The number of nitrogens with one attached hydrogen (secondary N) is 2. The number of thioether (sulfide) groups is 1. The topological polar surface area (TPSA) is 41.1 Å². The maximum absolute atomic E-state index is 11.2. The van der Waals surface area contributed by atoms with Crippen molar-refractivity contribution in [1.29, 1.82) is 0 Å². The first kappa shape index (κ1) is 14.4. The molecule has 0 unspecified atom stereocenters. The molecule has 104 valence electrons. The smallest absolute Gasteiger partial charge is 0.221 e. The quantitative estimate of drug-likeness (QED) is 0.870. The van der Waals surface area contributed by atoms with Gasteiger partial charge in [0.2, 0.25) is 5.91 Å². The van der Waals surface area contributed by atoms with E-state index >= 15 is 0 Å². The van der Waals surface area contributed by atoms with Gasteiger partial charge in [0.1, 0.15) is 0 Å². The summed E-state index contributed by atoms with van der Waals surface area (Å²) in [5.41, 5.74) is 2.07. The highest BCUT2D eigenvalue weighted by Gasteiger charge is 2.13. The summed E-state index contributed by atoms with van der Waals surface area (Å²) in [6.45, 7) is 3.44. The number of rotatable bonds is 5. The van der Waals surface area contributed by atoms with Crippen LogP contribution in [0.15, 0.2) is 24.3 Å². The zero-order valence-corrected chi connectivity index (χ0v) is 12.3. The molecule has 0 saturated carbocycles. The van der Waals surface area contributed by atoms with Crippen molar-refractivity contribution in [1.82, 2.24) is 5.32 Å². The Morgan fingerprint density at radius 3 is 2.79 bits per heavy atom. The molecule has 3 nitrogen and oxygen atoms in total. The lowest BCUT2D eigenvalue weighted by molar-refractivity contribution is -0.114. The summed E-state index contributed by atoms with van der Waals surface area (Å²) in [4.78, 5) is 11.2. The van der Waals surface area contributed by atoms with Crippen LogP contribution < -0.4 is 10.6 Å². The first-order chi connectivity index (χ1) is 9.25. The van der Waals surface area contributed by atoms with Crippen LogP contribution in [0.4, 0.5) is 5.69 Å². The van der Waals surface area contributed by atoms with E-state index in [9.17, 15) is 4.79 Å². The van der Waals surface area contributed by atoms with Gasteiger partial charge in [-0.3, -0.25) is 4.79 Å². The molecule has 1 saturated heterocycles. The molecule has 1 aromatic rings. The van der Waals surface area contributed by atoms with E-state index in [1.54, 1.807) is 6.92 Å². The van der Waals surface area contributed by atoms with Gasteiger partial charge in [-0.2, -0.15) is 11.8 Å². The zero-order valence-electron chi connectivity index (χ0n) is 11.4. The Morgan fingerprint density at radius 2 is 2.05 bits per heavy atom. The lowest BCUT2D eigenvalue weighted by Gasteiger charge is -2.22. The van der Waals surface area contributed by atoms with E-state index in [0.717, 1.165) is 30.3 Å². The Balaban J connectivity index is 1.83. The lowest BCUT2D eigenvalue weighted by atomic mass is 10.0. The summed E-state index contributed by atoms with van der Waals surface area (Å²) in [6.07, 6.45) is 2.65. The molecular weight excluding hydrogens is 256 g/mol. The largest absolute Gasteiger partial charge is 0.326 e. The minimum Gasteiger partial charge on any atom is -0.326 e. The van der Waals surface area contributed by atoms with E-state index < -0.39 is 0 Å². The van der Waals surface area contributed by atoms with E-state index in [2.05, 4.69) is 28.5 Å². The number of benzene rings is 1. The van der Waals surface area contributed by atoms with Gasteiger partial charge in [-0.25, -0.2) is 0 Å². The first-order valence-corrected chi connectivity index (χ1v) is 8.05. The van der Waals surface area contributed by atoms with Crippen molar-refractivity contribution in [2.75, 3.05) is 23.4 Å². The third kappa shape index (κ3) is 4.88. The van der Waals surface area contributed by atoms with E-state index in [4.69, 9.17) is 0 Å². The Morgan fingerprint density at radius 1 is 1.32 bits per heavy atom. The van der Waals surface area contributed by atoms with Crippen LogP contribution in [-0.2, 0) is 11.3 Å². The van der Waals surface area contributed by atoms with Crippen molar-refractivity contribution in [3.63, 3.8) is 0 Å². The van der Waals surface area contributed by atoms with Crippen molar-refractivity contribution >= 4 is 23.4 Å². The molecule has 1 fully saturated rings. The second-order valence-corrected chi connectivity index (χ2v) is 6.25. The number of hydrogen-bond donors (Lipinski definition) is 2. The summed E-state index contributed by atoms with van der Waals surface area (Å²) in [7, 11) is 0. The molecule has 1 aliphatic rings. The van der Waals surface area contributed by atoms with Crippen LogP contribution in [0.25, 0.3) is 0 Å². The minimum atomic E-state index is -0.0169. The molecule has 0 spiro atoms. The SMILES string of the molecule is CC(=O)Nc1ccccc1CNCC1CCSCC1. The number of carbonyl (C=O) groups excluding carboxylic acids is 1. The first-order valence-electron chi connectivity index (χ1n) is 6.89. The Bertz CT molecular complexity index is 416. The summed E-state index contributed by atoms with van der Waals surface area (Å²) in [6, 6.07) is 7.98. The number of anilines is 1.